The van der Waals surface area contributed by atoms with Gasteiger partial charge in [-0.1, -0.05) is 39.0 Å². The number of nitrogens with one attached hydrogen (secondary N) is 1. The lowest BCUT2D eigenvalue weighted by Crippen LogP contribution is -2.42. The Morgan fingerprint density at radius 2 is 2.04 bits per heavy atom. The molecule has 148 valence electrons. The van der Waals surface area contributed by atoms with E-state index in [0.29, 0.717) is 23.9 Å². The van der Waals surface area contributed by atoms with Crippen molar-refractivity contribution in [2.75, 3.05) is 13.2 Å². The summed E-state index contributed by atoms with van der Waals surface area (Å²) in [6.07, 6.45) is 0.792. The number of carbonyl (C=O) groups excluding carboxylic acids is 1. The lowest BCUT2D eigenvalue weighted by molar-refractivity contribution is -0.130. The zero-order valence-electron chi connectivity index (χ0n) is 16.7. The average Bonchev–Trinajstić information content (AvgIpc) is 2.68. The van der Waals surface area contributed by atoms with Crippen LogP contribution in [0.1, 0.15) is 38.8 Å². The summed E-state index contributed by atoms with van der Waals surface area (Å²) in [7, 11) is 0. The Morgan fingerprint density at radius 1 is 1.25 bits per heavy atom. The molecule has 1 heterocycles. The van der Waals surface area contributed by atoms with E-state index in [-0.39, 0.29) is 17.9 Å². The second-order valence-electron chi connectivity index (χ2n) is 7.53. The molecule has 2 aromatic rings. The Hall–Kier alpha value is -3.02. The third-order valence-corrected chi connectivity index (χ3v) is 4.36. The molecule has 0 bridgehead atoms. The van der Waals surface area contributed by atoms with E-state index in [2.05, 4.69) is 31.3 Å². The molecule has 1 aliphatic heterocycles. The topological polar surface area (TPSA) is 69.2 Å². The Labute approximate surface area is 165 Å². The second kappa shape index (κ2) is 8.33. The first-order valence-corrected chi connectivity index (χ1v) is 9.37. The molecule has 1 atom stereocenters. The molecule has 6 heteroatoms. The van der Waals surface area contributed by atoms with E-state index < -0.39 is 6.10 Å². The molecule has 0 saturated heterocycles. The van der Waals surface area contributed by atoms with Crippen LogP contribution in [0, 0.1) is 0 Å². The number of rotatable bonds is 5. The second-order valence-corrected chi connectivity index (χ2v) is 7.53. The number of hydrogen-bond donors (Lipinski definition) is 1. The van der Waals surface area contributed by atoms with Crippen LogP contribution in [0.3, 0.4) is 0 Å². The van der Waals surface area contributed by atoms with Gasteiger partial charge in [0.25, 0.3) is 5.91 Å². The van der Waals surface area contributed by atoms with Crippen molar-refractivity contribution in [3.8, 4) is 17.2 Å². The van der Waals surface area contributed by atoms with E-state index in [1.165, 1.54) is 0 Å². The molecule has 28 heavy (non-hydrogen) atoms. The van der Waals surface area contributed by atoms with Crippen LogP contribution in [0.4, 0.5) is 0 Å². The minimum atomic E-state index is -0.762. The Kier molecular flexibility index (Phi) is 5.87. The van der Waals surface area contributed by atoms with Crippen LogP contribution in [0.5, 0.6) is 17.2 Å². The van der Waals surface area contributed by atoms with Crippen LogP contribution in [-0.4, -0.2) is 31.4 Å². The maximum absolute atomic E-state index is 12.4. The number of ether oxygens (including phenoxy) is 3. The summed E-state index contributed by atoms with van der Waals surface area (Å²) in [6, 6.07) is 13.3. The van der Waals surface area contributed by atoms with E-state index in [0.717, 1.165) is 11.1 Å². The number of amides is 1. The van der Waals surface area contributed by atoms with Crippen LogP contribution in [0.25, 0.3) is 0 Å². The van der Waals surface area contributed by atoms with Crippen LogP contribution >= 0.6 is 0 Å². The third kappa shape index (κ3) is 4.63. The number of carbonyl (C=O) groups is 1. The predicted octanol–water partition coefficient (Wildman–Crippen LogP) is 3.67. The third-order valence-electron chi connectivity index (χ3n) is 4.36. The molecule has 0 spiro atoms. The molecule has 0 saturated carbocycles. The summed E-state index contributed by atoms with van der Waals surface area (Å²) in [5.41, 5.74) is 4.39. The Morgan fingerprint density at radius 3 is 2.79 bits per heavy atom. The molecule has 1 amide bonds. The van der Waals surface area contributed by atoms with Crippen molar-refractivity contribution in [3.63, 3.8) is 0 Å². The van der Waals surface area contributed by atoms with E-state index in [1.54, 1.807) is 6.21 Å². The summed E-state index contributed by atoms with van der Waals surface area (Å²) < 4.78 is 17.1. The van der Waals surface area contributed by atoms with Gasteiger partial charge in [0.15, 0.2) is 11.5 Å². The summed E-state index contributed by atoms with van der Waals surface area (Å²) in [5.74, 6) is 1.57. The number of hydrazone groups is 1. The standard InChI is InChI=1S/C22H26N2O4/c1-5-26-17-9-7-6-8-15(17)13-23-24-21(25)20-14-27-18-11-10-16(22(2,3)4)12-19(18)28-20/h6-13,20H,5,14H2,1-4H3,(H,24,25)/b23-13-/t20-/m0/s1. The SMILES string of the molecule is CCOc1ccccc1/C=N\NC(=O)[C@@H]1COc2ccc(C(C)(C)C)cc2O1. The molecule has 1 N–H and O–H groups in total. The molecule has 0 aliphatic carbocycles. The van der Waals surface area contributed by atoms with E-state index in [9.17, 15) is 4.79 Å². The first-order valence-electron chi connectivity index (χ1n) is 9.37. The predicted molar refractivity (Wildman–Crippen MR) is 108 cm³/mol. The van der Waals surface area contributed by atoms with Gasteiger partial charge in [-0.25, -0.2) is 5.43 Å². The van der Waals surface area contributed by atoms with Crippen molar-refractivity contribution in [3.05, 3.63) is 53.6 Å². The smallest absolute Gasteiger partial charge is 0.284 e. The molecule has 2 aromatic carbocycles. The zero-order chi connectivity index (χ0) is 20.1. The van der Waals surface area contributed by atoms with Crippen molar-refractivity contribution in [1.82, 2.24) is 5.43 Å². The number of benzene rings is 2. The van der Waals surface area contributed by atoms with Crippen molar-refractivity contribution in [1.29, 1.82) is 0 Å². The van der Waals surface area contributed by atoms with Crippen LogP contribution in [0.2, 0.25) is 0 Å². The monoisotopic (exact) mass is 382 g/mol. The molecule has 0 aromatic heterocycles. The highest BCUT2D eigenvalue weighted by atomic mass is 16.6. The molecule has 6 nitrogen and oxygen atoms in total. The minimum absolute atomic E-state index is 0.0220. The van der Waals surface area contributed by atoms with Crippen molar-refractivity contribution >= 4 is 12.1 Å². The first-order chi connectivity index (χ1) is 13.4. The highest BCUT2D eigenvalue weighted by Crippen LogP contribution is 2.36. The number of hydrogen-bond acceptors (Lipinski definition) is 5. The lowest BCUT2D eigenvalue weighted by atomic mass is 9.87. The Balaban J connectivity index is 1.65. The van der Waals surface area contributed by atoms with Gasteiger partial charge in [0.1, 0.15) is 12.4 Å². The Bertz CT molecular complexity index is 871. The van der Waals surface area contributed by atoms with Gasteiger partial charge in [-0.2, -0.15) is 5.10 Å². The lowest BCUT2D eigenvalue weighted by Gasteiger charge is -2.27. The van der Waals surface area contributed by atoms with Gasteiger partial charge in [0.05, 0.1) is 12.8 Å². The molecule has 0 radical (unpaired) electrons. The minimum Gasteiger partial charge on any atom is -0.493 e. The van der Waals surface area contributed by atoms with Crippen LogP contribution < -0.4 is 19.6 Å². The highest BCUT2D eigenvalue weighted by molar-refractivity contribution is 5.86. The van der Waals surface area contributed by atoms with E-state index >= 15 is 0 Å². The van der Waals surface area contributed by atoms with Gasteiger partial charge in [-0.15, -0.1) is 0 Å². The van der Waals surface area contributed by atoms with Gasteiger partial charge >= 0.3 is 0 Å². The van der Waals surface area contributed by atoms with Gasteiger partial charge in [0.2, 0.25) is 6.10 Å². The average molecular weight is 382 g/mol. The molecular weight excluding hydrogens is 356 g/mol. The van der Waals surface area contributed by atoms with Gasteiger partial charge in [-0.05, 0) is 42.2 Å². The number of para-hydroxylation sites is 1. The fraction of sp³-hybridized carbons (Fsp3) is 0.364. The fourth-order valence-electron chi connectivity index (χ4n) is 2.78. The van der Waals surface area contributed by atoms with Crippen molar-refractivity contribution in [2.45, 2.75) is 39.2 Å². The van der Waals surface area contributed by atoms with Gasteiger partial charge < -0.3 is 14.2 Å². The van der Waals surface area contributed by atoms with E-state index in [4.69, 9.17) is 14.2 Å². The fourth-order valence-corrected chi connectivity index (χ4v) is 2.78. The zero-order valence-corrected chi connectivity index (χ0v) is 16.7. The summed E-state index contributed by atoms with van der Waals surface area (Å²) in [5, 5.41) is 4.03. The normalized spacial score (nSPS) is 16.1. The summed E-state index contributed by atoms with van der Waals surface area (Å²) in [4.78, 5) is 12.4. The molecule has 3 rings (SSSR count). The maximum atomic E-state index is 12.4. The van der Waals surface area contributed by atoms with Crippen molar-refractivity contribution in [2.24, 2.45) is 5.10 Å². The molecule has 0 fully saturated rings. The molecule has 1 aliphatic rings. The first kappa shape index (κ1) is 19.7. The summed E-state index contributed by atoms with van der Waals surface area (Å²) >= 11 is 0. The van der Waals surface area contributed by atoms with Crippen LogP contribution in [0.15, 0.2) is 47.6 Å². The van der Waals surface area contributed by atoms with Crippen molar-refractivity contribution < 1.29 is 19.0 Å². The quantitative estimate of drug-likeness (QED) is 0.633. The van der Waals surface area contributed by atoms with Gasteiger partial charge in [-0.3, -0.25) is 4.79 Å². The van der Waals surface area contributed by atoms with Gasteiger partial charge in [0, 0.05) is 5.56 Å². The summed E-state index contributed by atoms with van der Waals surface area (Å²) in [6.45, 7) is 8.98. The highest BCUT2D eigenvalue weighted by Gasteiger charge is 2.28. The molecular formula is C22H26N2O4. The van der Waals surface area contributed by atoms with Crippen LogP contribution in [-0.2, 0) is 10.2 Å². The largest absolute Gasteiger partial charge is 0.493 e. The molecule has 0 unspecified atom stereocenters. The number of fused-ring (bicyclic) bond motifs is 1. The maximum Gasteiger partial charge on any atom is 0.284 e. The van der Waals surface area contributed by atoms with E-state index in [1.807, 2.05) is 49.4 Å². The number of nitrogens with zero attached hydrogens (tertiary/aromatic N) is 1.